The summed E-state index contributed by atoms with van der Waals surface area (Å²) >= 11 is 0. The molecule has 2 aliphatic heterocycles. The van der Waals surface area contributed by atoms with Crippen molar-refractivity contribution < 1.29 is 4.79 Å². The van der Waals surface area contributed by atoms with Gasteiger partial charge in [-0.15, -0.1) is 0 Å². The summed E-state index contributed by atoms with van der Waals surface area (Å²) in [5, 5.41) is 0. The van der Waals surface area contributed by atoms with Crippen LogP contribution in [0.15, 0.2) is 36.4 Å². The first kappa shape index (κ1) is 9.46. The molecule has 2 nitrogen and oxygen atoms in total. The van der Waals surface area contributed by atoms with Crippen LogP contribution in [-0.2, 0) is 10.2 Å². The molecule has 3 aliphatic rings. The fourth-order valence-electron chi connectivity index (χ4n) is 4.14. The van der Waals surface area contributed by atoms with Gasteiger partial charge in [-0.05, 0) is 25.0 Å². The van der Waals surface area contributed by atoms with Crippen molar-refractivity contribution in [2.24, 2.45) is 5.92 Å². The van der Waals surface area contributed by atoms with Crippen LogP contribution in [0, 0.1) is 5.92 Å². The summed E-state index contributed by atoms with van der Waals surface area (Å²) in [7, 11) is 0. The average molecular weight is 225 g/mol. The highest BCUT2D eigenvalue weighted by molar-refractivity contribution is 6.00. The van der Waals surface area contributed by atoms with E-state index in [0.717, 1.165) is 12.1 Å². The van der Waals surface area contributed by atoms with Crippen LogP contribution in [0.1, 0.15) is 25.3 Å². The Kier molecular flexibility index (Phi) is 1.47. The normalized spacial score (nSPS) is 37.6. The van der Waals surface area contributed by atoms with E-state index >= 15 is 0 Å². The summed E-state index contributed by atoms with van der Waals surface area (Å²) in [6, 6.07) is 8.66. The van der Waals surface area contributed by atoms with Crippen molar-refractivity contribution in [3.8, 4) is 0 Å². The zero-order chi connectivity index (χ0) is 11.8. The molecule has 1 amide bonds. The molecule has 4 rings (SSSR count). The summed E-state index contributed by atoms with van der Waals surface area (Å²) in [5.74, 6) is 0.806. The lowest BCUT2D eigenvalue weighted by Crippen LogP contribution is -2.63. The second-order valence-corrected chi connectivity index (χ2v) is 5.60. The summed E-state index contributed by atoms with van der Waals surface area (Å²) in [6.45, 7) is 6.53. The minimum Gasteiger partial charge on any atom is -0.307 e. The second-order valence-electron chi connectivity index (χ2n) is 5.60. The van der Waals surface area contributed by atoms with E-state index in [1.165, 1.54) is 11.1 Å². The Labute approximate surface area is 101 Å². The molecule has 1 aromatic carbocycles. The Morgan fingerprint density at radius 2 is 2.18 bits per heavy atom. The highest BCUT2D eigenvalue weighted by Crippen LogP contribution is 2.64. The topological polar surface area (TPSA) is 20.3 Å². The van der Waals surface area contributed by atoms with E-state index in [1.807, 2.05) is 11.0 Å². The lowest BCUT2D eigenvalue weighted by molar-refractivity contribution is -0.122. The molecule has 2 heterocycles. The molecule has 0 unspecified atom stereocenters. The van der Waals surface area contributed by atoms with Crippen molar-refractivity contribution in [1.82, 2.24) is 0 Å². The van der Waals surface area contributed by atoms with Gasteiger partial charge >= 0.3 is 0 Å². The number of benzene rings is 1. The fraction of sp³-hybridized carbons (Fsp3) is 0.400. The number of amides is 1. The van der Waals surface area contributed by atoms with Gasteiger partial charge in [0, 0.05) is 23.4 Å². The molecule has 0 aromatic heterocycles. The molecule has 2 fully saturated rings. The Morgan fingerprint density at radius 1 is 1.41 bits per heavy atom. The van der Waals surface area contributed by atoms with Crippen molar-refractivity contribution in [1.29, 1.82) is 0 Å². The van der Waals surface area contributed by atoms with Crippen LogP contribution >= 0.6 is 0 Å². The summed E-state index contributed by atoms with van der Waals surface area (Å²) < 4.78 is 0. The quantitative estimate of drug-likeness (QED) is 0.621. The Balaban J connectivity index is 2.00. The third-order valence-electron chi connectivity index (χ3n) is 5.03. The van der Waals surface area contributed by atoms with Crippen molar-refractivity contribution in [2.75, 3.05) is 4.90 Å². The molecule has 3 atom stereocenters. The van der Waals surface area contributed by atoms with E-state index < -0.39 is 0 Å². The van der Waals surface area contributed by atoms with Gasteiger partial charge in [0.15, 0.2) is 0 Å². The van der Waals surface area contributed by atoms with Gasteiger partial charge in [-0.1, -0.05) is 30.4 Å². The number of rotatable bonds is 0. The SMILES string of the molecule is C=C1[C@@H]2CCC(=O)N3c4ccccc4[C@@]1(C)[C@H]23. The molecular weight excluding hydrogens is 210 g/mol. The predicted octanol–water partition coefficient (Wildman–Crippen LogP) is 2.64. The standard InChI is InChI=1S/C15H15NO/c1-9-10-7-8-13(17)16-12-6-4-3-5-11(12)15(9,2)14(10)16/h3-6,10,14H,1,7-8H2,2H3/t10-,14-,15-/m0/s1. The van der Waals surface area contributed by atoms with Crippen molar-refractivity contribution in [3.05, 3.63) is 42.0 Å². The first-order valence-electron chi connectivity index (χ1n) is 6.26. The van der Waals surface area contributed by atoms with Gasteiger partial charge < -0.3 is 4.90 Å². The van der Waals surface area contributed by atoms with Crippen LogP contribution in [0.25, 0.3) is 0 Å². The minimum absolute atomic E-state index is 0.0112. The molecule has 1 saturated heterocycles. The smallest absolute Gasteiger partial charge is 0.227 e. The monoisotopic (exact) mass is 225 g/mol. The van der Waals surface area contributed by atoms with E-state index in [2.05, 4.69) is 31.7 Å². The summed E-state index contributed by atoms with van der Waals surface area (Å²) in [6.07, 6.45) is 1.66. The Hall–Kier alpha value is -1.57. The largest absolute Gasteiger partial charge is 0.307 e. The molecule has 86 valence electrons. The zero-order valence-electron chi connectivity index (χ0n) is 9.94. The Morgan fingerprint density at radius 3 is 3.00 bits per heavy atom. The number of hydrogen-bond donors (Lipinski definition) is 0. The van der Waals surface area contributed by atoms with E-state index in [9.17, 15) is 4.79 Å². The highest BCUT2D eigenvalue weighted by atomic mass is 16.2. The van der Waals surface area contributed by atoms with Gasteiger partial charge in [0.2, 0.25) is 5.91 Å². The third-order valence-corrected chi connectivity index (χ3v) is 5.03. The number of piperidine rings is 1. The molecule has 1 aromatic rings. The van der Waals surface area contributed by atoms with Crippen molar-refractivity contribution in [3.63, 3.8) is 0 Å². The predicted molar refractivity (Wildman–Crippen MR) is 66.9 cm³/mol. The summed E-state index contributed by atoms with van der Waals surface area (Å²) in [4.78, 5) is 14.2. The molecule has 1 aliphatic carbocycles. The van der Waals surface area contributed by atoms with E-state index in [-0.39, 0.29) is 11.3 Å². The zero-order valence-corrected chi connectivity index (χ0v) is 9.94. The minimum atomic E-state index is 0.0112. The van der Waals surface area contributed by atoms with Crippen molar-refractivity contribution in [2.45, 2.75) is 31.2 Å². The maximum Gasteiger partial charge on any atom is 0.227 e. The highest BCUT2D eigenvalue weighted by Gasteiger charge is 2.64. The molecule has 0 spiro atoms. The van der Waals surface area contributed by atoms with Crippen LogP contribution in [-0.4, -0.2) is 11.9 Å². The van der Waals surface area contributed by atoms with Crippen LogP contribution in [0.5, 0.6) is 0 Å². The van der Waals surface area contributed by atoms with Gasteiger partial charge in [-0.2, -0.15) is 0 Å². The van der Waals surface area contributed by atoms with Gasteiger partial charge in [-0.3, -0.25) is 4.79 Å². The van der Waals surface area contributed by atoms with Gasteiger partial charge in [0.25, 0.3) is 0 Å². The lowest BCUT2D eigenvalue weighted by Gasteiger charge is -2.56. The molecular formula is C15H15NO. The first-order valence-corrected chi connectivity index (χ1v) is 6.26. The van der Waals surface area contributed by atoms with Gasteiger partial charge in [-0.25, -0.2) is 0 Å². The number of carbonyl (C=O) groups excluding carboxylic acids is 1. The van der Waals surface area contributed by atoms with Crippen LogP contribution in [0.3, 0.4) is 0 Å². The molecule has 1 saturated carbocycles. The van der Waals surface area contributed by atoms with Crippen LogP contribution in [0.2, 0.25) is 0 Å². The number of fused-ring (bicyclic) bond motifs is 3. The average Bonchev–Trinajstić information content (AvgIpc) is 2.61. The molecule has 2 heteroatoms. The maximum absolute atomic E-state index is 12.1. The van der Waals surface area contributed by atoms with Gasteiger partial charge in [0.05, 0.1) is 6.04 Å². The number of anilines is 1. The lowest BCUT2D eigenvalue weighted by atomic mass is 9.52. The molecule has 17 heavy (non-hydrogen) atoms. The Bertz CT molecular complexity index is 562. The van der Waals surface area contributed by atoms with Crippen LogP contribution < -0.4 is 4.90 Å². The van der Waals surface area contributed by atoms with Gasteiger partial charge in [0.1, 0.15) is 0 Å². The van der Waals surface area contributed by atoms with E-state index in [4.69, 9.17) is 0 Å². The molecule has 0 radical (unpaired) electrons. The number of nitrogens with zero attached hydrogens (tertiary/aromatic N) is 1. The fourth-order valence-corrected chi connectivity index (χ4v) is 4.14. The number of carbonyl (C=O) groups is 1. The van der Waals surface area contributed by atoms with Crippen LogP contribution in [0.4, 0.5) is 5.69 Å². The number of para-hydroxylation sites is 1. The maximum atomic E-state index is 12.1. The van der Waals surface area contributed by atoms with E-state index in [1.54, 1.807) is 0 Å². The van der Waals surface area contributed by atoms with Crippen molar-refractivity contribution >= 4 is 11.6 Å². The first-order chi connectivity index (χ1) is 8.15. The second kappa shape index (κ2) is 2.63. The molecule has 0 N–H and O–H groups in total. The van der Waals surface area contributed by atoms with E-state index in [0.29, 0.717) is 18.4 Å². The number of hydrogen-bond acceptors (Lipinski definition) is 1. The third kappa shape index (κ3) is 0.811. The molecule has 0 bridgehead atoms. The summed E-state index contributed by atoms with van der Waals surface area (Å²) in [5.41, 5.74) is 3.75.